The largest absolute Gasteiger partial charge is 0.466 e. The molecule has 4 rings (SSSR count). The maximum atomic E-state index is 13.7. The summed E-state index contributed by atoms with van der Waals surface area (Å²) in [5, 5.41) is 2.76. The zero-order valence-corrected chi connectivity index (χ0v) is 21.2. The van der Waals surface area contributed by atoms with Gasteiger partial charge in [0.05, 0.1) is 23.5 Å². The van der Waals surface area contributed by atoms with Gasteiger partial charge in [-0.3, -0.25) is 28.5 Å². The number of aromatic nitrogens is 2. The van der Waals surface area contributed by atoms with E-state index in [0.717, 1.165) is 17.3 Å². The zero-order chi connectivity index (χ0) is 25.3. The van der Waals surface area contributed by atoms with Gasteiger partial charge in [0, 0.05) is 25.8 Å². The van der Waals surface area contributed by atoms with Gasteiger partial charge in [-0.2, -0.15) is 0 Å². The maximum absolute atomic E-state index is 13.7. The predicted molar refractivity (Wildman–Crippen MR) is 137 cm³/mol. The van der Waals surface area contributed by atoms with E-state index in [0.29, 0.717) is 34.5 Å². The van der Waals surface area contributed by atoms with Crippen molar-refractivity contribution in [3.63, 3.8) is 0 Å². The molecule has 35 heavy (non-hydrogen) atoms. The second kappa shape index (κ2) is 10.2. The van der Waals surface area contributed by atoms with Crippen LogP contribution in [0, 0.1) is 6.92 Å². The molecule has 2 fully saturated rings. The minimum Gasteiger partial charge on any atom is -0.466 e. The van der Waals surface area contributed by atoms with Crippen LogP contribution in [0.4, 0.5) is 5.82 Å². The maximum Gasteiger partial charge on any atom is 0.308 e. The van der Waals surface area contributed by atoms with E-state index in [4.69, 9.17) is 21.9 Å². The van der Waals surface area contributed by atoms with Crippen molar-refractivity contribution in [2.45, 2.75) is 33.2 Å². The lowest BCUT2D eigenvalue weighted by Crippen LogP contribution is -2.57. The Bertz CT molecular complexity index is 1320. The highest BCUT2D eigenvalue weighted by atomic mass is 32.2. The van der Waals surface area contributed by atoms with Crippen LogP contribution in [0.5, 0.6) is 0 Å². The number of carbonyl (C=O) groups excluding carboxylic acids is 3. The van der Waals surface area contributed by atoms with E-state index in [2.05, 4.69) is 5.32 Å². The number of ether oxygens (including phenoxy) is 1. The molecule has 184 valence electrons. The lowest BCUT2D eigenvalue weighted by atomic mass is 10.1. The molecule has 1 unspecified atom stereocenters. The fourth-order valence-corrected chi connectivity index (χ4v) is 5.46. The quantitative estimate of drug-likeness (QED) is 0.347. The van der Waals surface area contributed by atoms with E-state index >= 15 is 0 Å². The molecule has 10 nitrogen and oxygen atoms in total. The second-order valence-electron chi connectivity index (χ2n) is 7.97. The lowest BCUT2D eigenvalue weighted by molar-refractivity contribution is -0.145. The van der Waals surface area contributed by atoms with Crippen molar-refractivity contribution in [2.24, 2.45) is 0 Å². The number of nitrogens with one attached hydrogen (secondary N) is 1. The molecule has 1 N–H and O–H groups in total. The topological polar surface area (TPSA) is 113 Å². The first kappa shape index (κ1) is 24.9. The number of thiocarbonyl (C=S) groups is 1. The van der Waals surface area contributed by atoms with Gasteiger partial charge in [-0.15, -0.1) is 0 Å². The number of pyridine rings is 1. The Morgan fingerprint density at radius 1 is 1.34 bits per heavy atom. The van der Waals surface area contributed by atoms with E-state index in [1.807, 2.05) is 19.9 Å². The Morgan fingerprint density at radius 2 is 2.11 bits per heavy atom. The number of piperazine rings is 1. The number of rotatable bonds is 6. The molecule has 2 saturated heterocycles. The third kappa shape index (κ3) is 4.67. The van der Waals surface area contributed by atoms with Crippen molar-refractivity contribution in [1.82, 2.24) is 19.6 Å². The van der Waals surface area contributed by atoms with Crippen molar-refractivity contribution in [1.29, 1.82) is 0 Å². The normalized spacial score (nSPS) is 19.6. The number of carbonyl (C=O) groups is 3. The summed E-state index contributed by atoms with van der Waals surface area (Å²) in [5.41, 5.74) is 0.939. The standard InChI is InChI=1S/C23H25N5O5S2/c1-4-26-22(32)16(35-23(26)34)11-14-19(25-18-13(3)7-6-9-28(18)21(14)31)27-10-8-24-20(30)15(27)12-17(29)33-5-2/h6-7,9,11,15H,4-5,8,10,12H2,1-3H3,(H,24,30). The lowest BCUT2D eigenvalue weighted by Gasteiger charge is -2.36. The molecule has 2 aliphatic rings. The Labute approximate surface area is 211 Å². The first-order valence-corrected chi connectivity index (χ1v) is 12.5. The van der Waals surface area contributed by atoms with Gasteiger partial charge < -0.3 is 15.0 Å². The molecule has 1 atom stereocenters. The zero-order valence-electron chi connectivity index (χ0n) is 19.6. The van der Waals surface area contributed by atoms with Crippen LogP contribution in [0.15, 0.2) is 28.0 Å². The van der Waals surface area contributed by atoms with Gasteiger partial charge in [0.15, 0.2) is 0 Å². The minimum atomic E-state index is -0.918. The first-order chi connectivity index (χ1) is 16.8. The summed E-state index contributed by atoms with van der Waals surface area (Å²) in [7, 11) is 0. The number of esters is 1. The van der Waals surface area contributed by atoms with Gasteiger partial charge in [-0.1, -0.05) is 30.0 Å². The fourth-order valence-electron chi connectivity index (χ4n) is 4.10. The average molecular weight is 516 g/mol. The highest BCUT2D eigenvalue weighted by molar-refractivity contribution is 8.26. The Morgan fingerprint density at radius 3 is 2.80 bits per heavy atom. The first-order valence-electron chi connectivity index (χ1n) is 11.2. The summed E-state index contributed by atoms with van der Waals surface area (Å²) in [4.78, 5) is 59.8. The van der Waals surface area contributed by atoms with Gasteiger partial charge in [-0.25, -0.2) is 4.98 Å². The van der Waals surface area contributed by atoms with Crippen LogP contribution in [0.1, 0.15) is 31.4 Å². The molecule has 0 saturated carbocycles. The van der Waals surface area contributed by atoms with Crippen molar-refractivity contribution in [3.05, 3.63) is 44.7 Å². The van der Waals surface area contributed by atoms with Gasteiger partial charge in [0.1, 0.15) is 21.8 Å². The van der Waals surface area contributed by atoms with Crippen LogP contribution < -0.4 is 15.8 Å². The molecule has 2 amide bonds. The predicted octanol–water partition coefficient (Wildman–Crippen LogP) is 1.48. The van der Waals surface area contributed by atoms with Gasteiger partial charge >= 0.3 is 5.97 Å². The molecule has 0 bridgehead atoms. The Hall–Kier alpha value is -3.25. The summed E-state index contributed by atoms with van der Waals surface area (Å²) >= 11 is 6.43. The number of nitrogens with zero attached hydrogens (tertiary/aromatic N) is 4. The van der Waals surface area contributed by atoms with Crippen LogP contribution in [0.2, 0.25) is 0 Å². The highest BCUT2D eigenvalue weighted by Gasteiger charge is 2.36. The monoisotopic (exact) mass is 515 g/mol. The molecule has 2 aliphatic heterocycles. The average Bonchev–Trinajstić information content (AvgIpc) is 3.09. The number of amides is 2. The molecule has 4 heterocycles. The van der Waals surface area contributed by atoms with Crippen LogP contribution in [0.3, 0.4) is 0 Å². The number of hydrogen-bond acceptors (Lipinski definition) is 9. The van der Waals surface area contributed by atoms with Crippen molar-refractivity contribution < 1.29 is 19.1 Å². The summed E-state index contributed by atoms with van der Waals surface area (Å²) in [5.74, 6) is -0.949. The van der Waals surface area contributed by atoms with E-state index in [1.165, 1.54) is 15.4 Å². The van der Waals surface area contributed by atoms with Gasteiger partial charge in [-0.05, 0) is 38.5 Å². The SMILES string of the molecule is CCOC(=O)CC1C(=O)NCCN1c1nc2c(C)cccn2c(=O)c1C=C1SC(=S)N(CC)C1=O. The fraction of sp³-hybridized carbons (Fsp3) is 0.391. The third-order valence-electron chi connectivity index (χ3n) is 5.80. The van der Waals surface area contributed by atoms with E-state index < -0.39 is 17.6 Å². The minimum absolute atomic E-state index is 0.147. The van der Waals surface area contributed by atoms with Crippen LogP contribution in [-0.4, -0.2) is 68.7 Å². The summed E-state index contributed by atoms with van der Waals surface area (Å²) in [6.45, 7) is 6.57. The smallest absolute Gasteiger partial charge is 0.308 e. The summed E-state index contributed by atoms with van der Waals surface area (Å²) < 4.78 is 6.89. The van der Waals surface area contributed by atoms with E-state index in [-0.39, 0.29) is 36.2 Å². The van der Waals surface area contributed by atoms with Crippen LogP contribution in [0.25, 0.3) is 11.7 Å². The van der Waals surface area contributed by atoms with Crippen molar-refractivity contribution >= 4 is 63.6 Å². The number of aryl methyl sites for hydroxylation is 1. The number of likely N-dealkylation sites (N-methyl/N-ethyl adjacent to an activating group) is 1. The number of thioether (sulfide) groups is 1. The van der Waals surface area contributed by atoms with Crippen LogP contribution in [-0.2, 0) is 19.1 Å². The molecule has 12 heteroatoms. The number of hydrogen-bond donors (Lipinski definition) is 1. The number of anilines is 1. The van der Waals surface area contributed by atoms with Crippen LogP contribution >= 0.6 is 24.0 Å². The Kier molecular flexibility index (Phi) is 7.22. The third-order valence-corrected chi connectivity index (χ3v) is 7.18. The van der Waals surface area contributed by atoms with E-state index in [9.17, 15) is 19.2 Å². The van der Waals surface area contributed by atoms with Gasteiger partial charge in [0.25, 0.3) is 11.5 Å². The molecule has 0 radical (unpaired) electrons. The molecule has 2 aromatic heterocycles. The van der Waals surface area contributed by atoms with Gasteiger partial charge in [0.2, 0.25) is 5.91 Å². The molecule has 0 aliphatic carbocycles. The summed E-state index contributed by atoms with van der Waals surface area (Å²) in [6.07, 6.45) is 2.89. The highest BCUT2D eigenvalue weighted by Crippen LogP contribution is 2.34. The molecular weight excluding hydrogens is 490 g/mol. The molecular formula is C23H25N5O5S2. The van der Waals surface area contributed by atoms with Crippen molar-refractivity contribution in [3.8, 4) is 0 Å². The Balaban J connectivity index is 1.91. The van der Waals surface area contributed by atoms with E-state index in [1.54, 1.807) is 24.1 Å². The molecule has 0 aromatic carbocycles. The van der Waals surface area contributed by atoms with Crippen molar-refractivity contribution in [2.75, 3.05) is 31.1 Å². The second-order valence-corrected chi connectivity index (χ2v) is 9.65. The molecule has 2 aromatic rings. The summed E-state index contributed by atoms with van der Waals surface area (Å²) in [6, 6.07) is 2.65. The molecule has 0 spiro atoms. The number of fused-ring (bicyclic) bond motifs is 1.